The Bertz CT molecular complexity index is 317. The molecule has 0 aromatic carbocycles. The predicted octanol–water partition coefficient (Wildman–Crippen LogP) is 2.75. The lowest BCUT2D eigenvalue weighted by Gasteiger charge is -2.49. The smallest absolute Gasteiger partial charge is 0.0686 e. The second-order valence-electron chi connectivity index (χ2n) is 6.64. The average molecular weight is 238 g/mol. The van der Waals surface area contributed by atoms with Crippen LogP contribution in [0.2, 0.25) is 0 Å². The van der Waals surface area contributed by atoms with Crippen LogP contribution in [0.1, 0.15) is 47.0 Å². The van der Waals surface area contributed by atoms with Crippen LogP contribution in [0.15, 0.2) is 11.6 Å². The Morgan fingerprint density at radius 3 is 2.65 bits per heavy atom. The van der Waals surface area contributed by atoms with Gasteiger partial charge in [0.1, 0.15) is 0 Å². The summed E-state index contributed by atoms with van der Waals surface area (Å²) in [4.78, 5) is 0. The molecule has 0 amide bonds. The van der Waals surface area contributed by atoms with E-state index in [1.54, 1.807) is 0 Å². The van der Waals surface area contributed by atoms with E-state index in [2.05, 4.69) is 26.8 Å². The van der Waals surface area contributed by atoms with Crippen molar-refractivity contribution in [2.24, 2.45) is 23.7 Å². The highest BCUT2D eigenvalue weighted by atomic mass is 16.3. The third-order valence-electron chi connectivity index (χ3n) is 4.87. The zero-order valence-electron chi connectivity index (χ0n) is 11.5. The maximum atomic E-state index is 10.5. The van der Waals surface area contributed by atoms with E-state index in [0.29, 0.717) is 18.3 Å². The third kappa shape index (κ3) is 2.30. The van der Waals surface area contributed by atoms with Crippen molar-refractivity contribution >= 4 is 0 Å². The predicted molar refractivity (Wildman–Crippen MR) is 69.5 cm³/mol. The molecule has 1 unspecified atom stereocenters. The van der Waals surface area contributed by atoms with Crippen LogP contribution >= 0.6 is 0 Å². The number of allylic oxidation sites excluding steroid dienone is 1. The molecule has 2 nitrogen and oxygen atoms in total. The van der Waals surface area contributed by atoms with Crippen molar-refractivity contribution in [2.45, 2.75) is 58.7 Å². The van der Waals surface area contributed by atoms with Crippen LogP contribution in [-0.2, 0) is 0 Å². The zero-order chi connectivity index (χ0) is 12.8. The van der Waals surface area contributed by atoms with Gasteiger partial charge in [0, 0.05) is 5.92 Å². The molecule has 0 saturated heterocycles. The number of rotatable bonds is 1. The second-order valence-corrected chi connectivity index (χ2v) is 6.64. The lowest BCUT2D eigenvalue weighted by Crippen LogP contribution is -2.51. The van der Waals surface area contributed by atoms with Gasteiger partial charge >= 0.3 is 0 Å². The summed E-state index contributed by atoms with van der Waals surface area (Å²) >= 11 is 0. The highest BCUT2D eigenvalue weighted by Gasteiger charge is 2.48. The van der Waals surface area contributed by atoms with Crippen LogP contribution in [0, 0.1) is 23.7 Å². The minimum Gasteiger partial charge on any atom is -0.393 e. The molecule has 0 aromatic rings. The lowest BCUT2D eigenvalue weighted by molar-refractivity contribution is -0.105. The normalized spacial score (nSPS) is 46.6. The van der Waals surface area contributed by atoms with Crippen molar-refractivity contribution in [3.63, 3.8) is 0 Å². The van der Waals surface area contributed by atoms with Gasteiger partial charge in [-0.3, -0.25) is 0 Å². The number of hydrogen-bond acceptors (Lipinski definition) is 2. The first-order chi connectivity index (χ1) is 7.83. The van der Waals surface area contributed by atoms with Gasteiger partial charge < -0.3 is 10.2 Å². The summed E-state index contributed by atoms with van der Waals surface area (Å²) in [6.07, 6.45) is 4.55. The maximum absolute atomic E-state index is 10.5. The summed E-state index contributed by atoms with van der Waals surface area (Å²) in [5, 5.41) is 20.7. The topological polar surface area (TPSA) is 40.5 Å². The Hall–Kier alpha value is -0.340. The minimum absolute atomic E-state index is 0.132. The first-order valence-electron chi connectivity index (χ1n) is 6.94. The molecular weight excluding hydrogens is 212 g/mol. The van der Waals surface area contributed by atoms with E-state index in [4.69, 9.17) is 0 Å². The molecule has 17 heavy (non-hydrogen) atoms. The number of aliphatic hydroxyl groups excluding tert-OH is 1. The van der Waals surface area contributed by atoms with Crippen LogP contribution in [0.4, 0.5) is 0 Å². The van der Waals surface area contributed by atoms with Crippen LogP contribution < -0.4 is 0 Å². The molecule has 5 atom stereocenters. The van der Waals surface area contributed by atoms with Gasteiger partial charge in [0.2, 0.25) is 0 Å². The van der Waals surface area contributed by atoms with Crippen molar-refractivity contribution in [1.29, 1.82) is 0 Å². The molecule has 98 valence electrons. The molecule has 0 aliphatic heterocycles. The molecule has 0 radical (unpaired) electrons. The van der Waals surface area contributed by atoms with Crippen molar-refractivity contribution in [1.82, 2.24) is 0 Å². The number of aliphatic hydroxyl groups is 2. The van der Waals surface area contributed by atoms with E-state index in [-0.39, 0.29) is 17.9 Å². The Morgan fingerprint density at radius 1 is 1.41 bits per heavy atom. The molecule has 2 aliphatic carbocycles. The summed E-state index contributed by atoms with van der Waals surface area (Å²) in [5.74, 6) is 1.39. The quantitative estimate of drug-likeness (QED) is 0.690. The summed E-state index contributed by atoms with van der Waals surface area (Å²) < 4.78 is 0. The van der Waals surface area contributed by atoms with E-state index >= 15 is 0 Å². The van der Waals surface area contributed by atoms with Gasteiger partial charge in [-0.05, 0) is 43.9 Å². The molecular formula is C15H26O2. The Balaban J connectivity index is 2.34. The standard InChI is InChI=1S/C15H26O2/c1-9(2)11-7-10(3)14-12(8-11)15(4,17)6-5-13(14)16/h8-10,12-14,16-17H,5-7H2,1-4H3/t10-,12?,13+,14-,15-/m1/s1. The molecule has 2 heteroatoms. The molecule has 2 rings (SSSR count). The van der Waals surface area contributed by atoms with Gasteiger partial charge in [-0.1, -0.05) is 32.4 Å². The zero-order valence-corrected chi connectivity index (χ0v) is 11.5. The Labute approximate surface area is 105 Å². The average Bonchev–Trinajstić information content (AvgIpc) is 2.23. The van der Waals surface area contributed by atoms with Crippen molar-refractivity contribution in [3.8, 4) is 0 Å². The van der Waals surface area contributed by atoms with Crippen LogP contribution in [0.25, 0.3) is 0 Å². The largest absolute Gasteiger partial charge is 0.393 e. The molecule has 0 heterocycles. The molecule has 2 N–H and O–H groups in total. The van der Waals surface area contributed by atoms with E-state index in [0.717, 1.165) is 12.8 Å². The fraction of sp³-hybridized carbons (Fsp3) is 0.867. The molecule has 0 aromatic heterocycles. The number of fused-ring (bicyclic) bond motifs is 1. The molecule has 1 fully saturated rings. The third-order valence-corrected chi connectivity index (χ3v) is 4.87. The highest BCUT2D eigenvalue weighted by molar-refractivity contribution is 5.19. The first-order valence-corrected chi connectivity index (χ1v) is 6.94. The summed E-state index contributed by atoms with van der Waals surface area (Å²) in [6, 6.07) is 0. The van der Waals surface area contributed by atoms with Gasteiger partial charge in [-0.2, -0.15) is 0 Å². The first kappa shape index (κ1) is 13.1. The van der Waals surface area contributed by atoms with Gasteiger partial charge in [-0.15, -0.1) is 0 Å². The second kappa shape index (κ2) is 4.40. The van der Waals surface area contributed by atoms with Gasteiger partial charge in [0.15, 0.2) is 0 Å². The van der Waals surface area contributed by atoms with E-state index < -0.39 is 5.60 Å². The monoisotopic (exact) mass is 238 g/mol. The lowest BCUT2D eigenvalue weighted by atomic mass is 9.59. The molecule has 0 bridgehead atoms. The summed E-state index contributed by atoms with van der Waals surface area (Å²) in [7, 11) is 0. The van der Waals surface area contributed by atoms with Gasteiger partial charge in [-0.25, -0.2) is 0 Å². The van der Waals surface area contributed by atoms with E-state index in [1.807, 2.05) is 6.92 Å². The Morgan fingerprint density at radius 2 is 2.06 bits per heavy atom. The van der Waals surface area contributed by atoms with Crippen LogP contribution in [-0.4, -0.2) is 21.9 Å². The fourth-order valence-corrected chi connectivity index (χ4v) is 3.71. The maximum Gasteiger partial charge on any atom is 0.0686 e. The van der Waals surface area contributed by atoms with Crippen molar-refractivity contribution < 1.29 is 10.2 Å². The highest BCUT2D eigenvalue weighted by Crippen LogP contribution is 2.48. The van der Waals surface area contributed by atoms with E-state index in [9.17, 15) is 10.2 Å². The Kier molecular flexibility index (Phi) is 3.39. The summed E-state index contributed by atoms with van der Waals surface area (Å²) in [6.45, 7) is 8.58. The minimum atomic E-state index is -0.640. The molecule has 2 aliphatic rings. The SMILES string of the molecule is CC(C)C1=CC2[C@@H]([C@H](C)C1)[C@@H](O)CC[C@@]2(C)O. The molecule has 0 spiro atoms. The van der Waals surface area contributed by atoms with Crippen LogP contribution in [0.3, 0.4) is 0 Å². The van der Waals surface area contributed by atoms with Gasteiger partial charge in [0.05, 0.1) is 11.7 Å². The van der Waals surface area contributed by atoms with Crippen molar-refractivity contribution in [3.05, 3.63) is 11.6 Å². The number of hydrogen-bond donors (Lipinski definition) is 2. The molecule has 1 saturated carbocycles. The van der Waals surface area contributed by atoms with Crippen LogP contribution in [0.5, 0.6) is 0 Å². The fourth-order valence-electron chi connectivity index (χ4n) is 3.71. The van der Waals surface area contributed by atoms with Gasteiger partial charge in [0.25, 0.3) is 0 Å². The van der Waals surface area contributed by atoms with Crippen molar-refractivity contribution in [2.75, 3.05) is 0 Å². The van der Waals surface area contributed by atoms with E-state index in [1.165, 1.54) is 5.57 Å². The summed E-state index contributed by atoms with van der Waals surface area (Å²) in [5.41, 5.74) is 0.812.